The third-order valence-electron chi connectivity index (χ3n) is 4.21. The Hall–Kier alpha value is -2.60. The lowest BCUT2D eigenvalue weighted by molar-refractivity contribution is -0.121. The highest BCUT2D eigenvalue weighted by atomic mass is 32.1. The van der Waals surface area contributed by atoms with Crippen molar-refractivity contribution in [1.29, 1.82) is 0 Å². The minimum Gasteiger partial charge on any atom is -0.356 e. The molecule has 4 nitrogen and oxygen atoms in total. The number of halogens is 1. The van der Waals surface area contributed by atoms with Gasteiger partial charge in [0.1, 0.15) is 10.8 Å². The van der Waals surface area contributed by atoms with Gasteiger partial charge < -0.3 is 5.32 Å². The predicted octanol–water partition coefficient (Wildman–Crippen LogP) is 4.42. The quantitative estimate of drug-likeness (QED) is 0.557. The maximum atomic E-state index is 12.9. The third-order valence-corrected chi connectivity index (χ3v) is 5.16. The number of rotatable bonds is 9. The van der Waals surface area contributed by atoms with E-state index in [1.165, 1.54) is 12.1 Å². The van der Waals surface area contributed by atoms with Crippen LogP contribution in [0.25, 0.3) is 10.6 Å². The van der Waals surface area contributed by atoms with E-state index in [0.717, 1.165) is 47.5 Å². The molecule has 27 heavy (non-hydrogen) atoms. The number of aryl methyl sites for hydroxylation is 1. The monoisotopic (exact) mass is 383 g/mol. The molecule has 0 aliphatic carbocycles. The number of hydrogen-bond acceptors (Lipinski definition) is 4. The van der Waals surface area contributed by atoms with Crippen molar-refractivity contribution in [2.24, 2.45) is 0 Å². The first-order chi connectivity index (χ1) is 13.2. The Morgan fingerprint density at radius 1 is 1.04 bits per heavy atom. The summed E-state index contributed by atoms with van der Waals surface area (Å²) >= 11 is 1.60. The Balaban J connectivity index is 1.31. The molecule has 1 amide bonds. The molecule has 0 spiro atoms. The normalized spacial score (nSPS) is 10.7. The van der Waals surface area contributed by atoms with E-state index >= 15 is 0 Å². The molecule has 0 aliphatic rings. The number of pyridine rings is 1. The van der Waals surface area contributed by atoms with Gasteiger partial charge in [0.25, 0.3) is 0 Å². The molecule has 2 heterocycles. The summed E-state index contributed by atoms with van der Waals surface area (Å²) in [5.41, 5.74) is 3.15. The van der Waals surface area contributed by atoms with Crippen molar-refractivity contribution in [3.63, 3.8) is 0 Å². The zero-order valence-corrected chi connectivity index (χ0v) is 15.8. The minimum absolute atomic E-state index is 0.0682. The zero-order valence-electron chi connectivity index (χ0n) is 15.0. The van der Waals surface area contributed by atoms with Crippen LogP contribution in [0.2, 0.25) is 0 Å². The highest BCUT2D eigenvalue weighted by molar-refractivity contribution is 7.13. The van der Waals surface area contributed by atoms with Gasteiger partial charge in [-0.25, -0.2) is 9.37 Å². The maximum absolute atomic E-state index is 12.9. The number of nitrogens with zero attached hydrogens (tertiary/aromatic N) is 2. The number of benzene rings is 1. The molecule has 0 atom stereocenters. The van der Waals surface area contributed by atoms with Crippen molar-refractivity contribution in [2.45, 2.75) is 32.1 Å². The summed E-state index contributed by atoms with van der Waals surface area (Å²) in [7, 11) is 0. The molecular formula is C21H22FN3OS. The van der Waals surface area contributed by atoms with Gasteiger partial charge in [-0.2, -0.15) is 0 Å². The number of nitrogens with one attached hydrogen (secondary N) is 1. The van der Waals surface area contributed by atoms with Gasteiger partial charge in [-0.05, 0) is 49.1 Å². The summed E-state index contributed by atoms with van der Waals surface area (Å²) in [6, 6.07) is 10.4. The number of hydrogen-bond donors (Lipinski definition) is 1. The fraction of sp³-hybridized carbons (Fsp3) is 0.286. The summed E-state index contributed by atoms with van der Waals surface area (Å²) < 4.78 is 12.9. The van der Waals surface area contributed by atoms with E-state index in [9.17, 15) is 9.18 Å². The maximum Gasteiger partial charge on any atom is 0.220 e. The van der Waals surface area contributed by atoms with Crippen LogP contribution in [0.3, 0.4) is 0 Å². The highest BCUT2D eigenvalue weighted by Gasteiger charge is 2.06. The van der Waals surface area contributed by atoms with Gasteiger partial charge in [-0.15, -0.1) is 11.3 Å². The number of thiazole rings is 1. The summed E-state index contributed by atoms with van der Waals surface area (Å²) in [4.78, 5) is 20.5. The van der Waals surface area contributed by atoms with Crippen LogP contribution >= 0.6 is 11.3 Å². The van der Waals surface area contributed by atoms with Crippen molar-refractivity contribution >= 4 is 17.2 Å². The van der Waals surface area contributed by atoms with Crippen LogP contribution in [-0.2, 0) is 17.6 Å². The van der Waals surface area contributed by atoms with E-state index in [4.69, 9.17) is 0 Å². The van der Waals surface area contributed by atoms with Crippen LogP contribution in [-0.4, -0.2) is 22.4 Å². The molecule has 0 bridgehead atoms. The largest absolute Gasteiger partial charge is 0.356 e. The Morgan fingerprint density at radius 3 is 2.59 bits per heavy atom. The summed E-state index contributed by atoms with van der Waals surface area (Å²) in [6.07, 6.45) is 7.36. The molecule has 1 N–H and O–H groups in total. The standard InChI is InChI=1S/C21H22FN3OS/c22-18-7-5-16(6-8-18)3-1-2-4-20(26)24-14-11-19-15-27-21(25-19)17-9-12-23-13-10-17/h5-10,12-13,15H,1-4,11,14H2,(H,24,26). The van der Waals surface area contributed by atoms with Crippen molar-refractivity contribution < 1.29 is 9.18 Å². The summed E-state index contributed by atoms with van der Waals surface area (Å²) in [5, 5.41) is 5.96. The Labute approximate surface area is 162 Å². The zero-order chi connectivity index (χ0) is 18.9. The van der Waals surface area contributed by atoms with Crippen LogP contribution in [0.1, 0.15) is 30.5 Å². The first-order valence-electron chi connectivity index (χ1n) is 9.06. The molecule has 0 saturated carbocycles. The van der Waals surface area contributed by atoms with Crippen molar-refractivity contribution in [2.75, 3.05) is 6.54 Å². The van der Waals surface area contributed by atoms with Crippen molar-refractivity contribution in [3.8, 4) is 10.6 Å². The van der Waals surface area contributed by atoms with Gasteiger partial charge in [-0.3, -0.25) is 9.78 Å². The van der Waals surface area contributed by atoms with E-state index < -0.39 is 0 Å². The smallest absolute Gasteiger partial charge is 0.220 e. The van der Waals surface area contributed by atoms with Crippen molar-refractivity contribution in [3.05, 3.63) is 71.2 Å². The molecule has 3 rings (SSSR count). The van der Waals surface area contributed by atoms with Crippen molar-refractivity contribution in [1.82, 2.24) is 15.3 Å². The second-order valence-corrected chi connectivity index (χ2v) is 7.17. The highest BCUT2D eigenvalue weighted by Crippen LogP contribution is 2.22. The van der Waals surface area contributed by atoms with Crippen LogP contribution in [0.4, 0.5) is 4.39 Å². The van der Waals surface area contributed by atoms with Crippen LogP contribution in [0.5, 0.6) is 0 Å². The van der Waals surface area contributed by atoms with Gasteiger partial charge in [0.15, 0.2) is 0 Å². The molecule has 0 saturated heterocycles. The molecule has 0 fully saturated rings. The van der Waals surface area contributed by atoms with Gasteiger partial charge >= 0.3 is 0 Å². The second-order valence-electron chi connectivity index (χ2n) is 6.31. The number of carbonyl (C=O) groups excluding carboxylic acids is 1. The Kier molecular flexibility index (Phi) is 7.04. The fourth-order valence-corrected chi connectivity index (χ4v) is 3.59. The molecular weight excluding hydrogens is 361 g/mol. The predicted molar refractivity (Wildman–Crippen MR) is 106 cm³/mol. The molecule has 2 aromatic heterocycles. The number of carbonyl (C=O) groups is 1. The topological polar surface area (TPSA) is 54.9 Å². The van der Waals surface area contributed by atoms with Gasteiger partial charge in [-0.1, -0.05) is 12.1 Å². The van der Waals surface area contributed by atoms with E-state index in [1.807, 2.05) is 17.5 Å². The van der Waals surface area contributed by atoms with Crippen LogP contribution in [0.15, 0.2) is 54.2 Å². The van der Waals surface area contributed by atoms with Gasteiger partial charge in [0, 0.05) is 42.7 Å². The molecule has 6 heteroatoms. The van der Waals surface area contributed by atoms with Gasteiger partial charge in [0.2, 0.25) is 5.91 Å². The summed E-state index contributed by atoms with van der Waals surface area (Å²) in [6.45, 7) is 0.594. The third kappa shape index (κ3) is 6.25. The molecule has 0 aliphatic heterocycles. The number of aromatic nitrogens is 2. The average Bonchev–Trinajstić information content (AvgIpc) is 3.16. The average molecular weight is 383 g/mol. The van der Waals surface area contributed by atoms with E-state index in [1.54, 1.807) is 35.9 Å². The molecule has 0 radical (unpaired) electrons. The number of unbranched alkanes of at least 4 members (excludes halogenated alkanes) is 1. The van der Waals surface area contributed by atoms with E-state index in [-0.39, 0.29) is 11.7 Å². The Morgan fingerprint density at radius 2 is 1.81 bits per heavy atom. The molecule has 140 valence electrons. The van der Waals surface area contributed by atoms with E-state index in [2.05, 4.69) is 15.3 Å². The first kappa shape index (κ1) is 19.2. The molecule has 3 aromatic rings. The molecule has 0 unspecified atom stereocenters. The molecule has 1 aromatic carbocycles. The lowest BCUT2D eigenvalue weighted by Crippen LogP contribution is -2.25. The Bertz CT molecular complexity index is 849. The minimum atomic E-state index is -0.217. The van der Waals surface area contributed by atoms with Crippen LogP contribution < -0.4 is 5.32 Å². The first-order valence-corrected chi connectivity index (χ1v) is 9.94. The summed E-state index contributed by atoms with van der Waals surface area (Å²) in [5.74, 6) is -0.148. The fourth-order valence-electron chi connectivity index (χ4n) is 2.73. The lowest BCUT2D eigenvalue weighted by Gasteiger charge is -2.04. The SMILES string of the molecule is O=C(CCCCc1ccc(F)cc1)NCCc1csc(-c2ccncc2)n1. The number of amides is 1. The van der Waals surface area contributed by atoms with E-state index in [0.29, 0.717) is 13.0 Å². The second kappa shape index (κ2) is 9.92. The van der Waals surface area contributed by atoms with Crippen LogP contribution in [0, 0.1) is 5.82 Å². The lowest BCUT2D eigenvalue weighted by atomic mass is 10.1. The van der Waals surface area contributed by atoms with Gasteiger partial charge in [0.05, 0.1) is 5.69 Å².